The molecule has 0 fully saturated rings. The number of aryl methyl sites for hydroxylation is 1. The van der Waals surface area contributed by atoms with Crippen LogP contribution in [0.15, 0.2) is 59.8 Å². The summed E-state index contributed by atoms with van der Waals surface area (Å²) in [4.78, 5) is 21.0. The van der Waals surface area contributed by atoms with E-state index in [1.807, 2.05) is 13.0 Å². The number of carbonyl (C=O) groups excluding carboxylic acids is 1. The highest BCUT2D eigenvalue weighted by molar-refractivity contribution is 7.89. The molecule has 3 N–H and O–H groups in total. The van der Waals surface area contributed by atoms with Crippen molar-refractivity contribution < 1.29 is 13.2 Å². The molecule has 0 aliphatic heterocycles. The third-order valence-corrected chi connectivity index (χ3v) is 6.96. The van der Waals surface area contributed by atoms with E-state index in [9.17, 15) is 13.2 Å². The lowest BCUT2D eigenvalue weighted by molar-refractivity contribution is -0.115. The van der Waals surface area contributed by atoms with Crippen molar-refractivity contribution in [2.24, 2.45) is 5.14 Å². The zero-order valence-corrected chi connectivity index (χ0v) is 18.7. The molecule has 2 aromatic carbocycles. The van der Waals surface area contributed by atoms with Gasteiger partial charge in [0.05, 0.1) is 11.1 Å². The summed E-state index contributed by atoms with van der Waals surface area (Å²) < 4.78 is 25.0. The van der Waals surface area contributed by atoms with E-state index >= 15 is 0 Å². The van der Waals surface area contributed by atoms with Crippen LogP contribution in [0.5, 0.6) is 0 Å². The van der Waals surface area contributed by atoms with E-state index in [4.69, 9.17) is 16.7 Å². The number of hydrogen-bond acceptors (Lipinski definition) is 6. The normalized spacial score (nSPS) is 11.6. The maximum Gasteiger partial charge on any atom is 0.240 e. The molecule has 7 nitrogen and oxygen atoms in total. The maximum absolute atomic E-state index is 12.5. The second-order valence-electron chi connectivity index (χ2n) is 6.89. The van der Waals surface area contributed by atoms with Gasteiger partial charge in [-0.05, 0) is 42.3 Å². The lowest BCUT2D eigenvalue weighted by Gasteiger charge is -2.08. The standard InChI is InChI=1S/C21H17ClN4O3S2/c1-12-6-7-24-11-15(12)21-26-20-17(30-21)9-14(10-18(20)31(23,28)29)25-19(27)8-13-4-2-3-5-16(13)22/h2-7,9-11H,8H2,1H3,(H,25,27)(H2,23,28,29). The highest BCUT2D eigenvalue weighted by atomic mass is 35.5. The molecular weight excluding hydrogens is 456 g/mol. The van der Waals surface area contributed by atoms with Gasteiger partial charge >= 0.3 is 0 Å². The van der Waals surface area contributed by atoms with Crippen molar-refractivity contribution in [1.29, 1.82) is 0 Å². The molecule has 0 aliphatic carbocycles. The number of fused-ring (bicyclic) bond motifs is 1. The second kappa shape index (κ2) is 8.35. The number of sulfonamides is 1. The van der Waals surface area contributed by atoms with Crippen LogP contribution in [0.1, 0.15) is 11.1 Å². The van der Waals surface area contributed by atoms with E-state index in [2.05, 4.69) is 15.3 Å². The SMILES string of the molecule is Cc1ccncc1-c1nc2c(S(N)(=O)=O)cc(NC(=O)Cc3ccccc3Cl)cc2s1. The van der Waals surface area contributed by atoms with Gasteiger partial charge in [-0.2, -0.15) is 0 Å². The third kappa shape index (κ3) is 4.59. The summed E-state index contributed by atoms with van der Waals surface area (Å²) >= 11 is 7.42. The topological polar surface area (TPSA) is 115 Å². The Kier molecular flexibility index (Phi) is 5.76. The molecule has 0 atom stereocenters. The van der Waals surface area contributed by atoms with E-state index in [0.29, 0.717) is 26.0 Å². The molecule has 0 bridgehead atoms. The Morgan fingerprint density at radius 2 is 2.00 bits per heavy atom. The van der Waals surface area contributed by atoms with Crippen LogP contribution < -0.4 is 10.5 Å². The molecule has 1 amide bonds. The summed E-state index contributed by atoms with van der Waals surface area (Å²) in [5.74, 6) is -0.333. The minimum absolute atomic E-state index is 0.0469. The summed E-state index contributed by atoms with van der Waals surface area (Å²) in [6, 6.07) is 11.9. The van der Waals surface area contributed by atoms with Gasteiger partial charge in [-0.25, -0.2) is 18.5 Å². The van der Waals surface area contributed by atoms with Gasteiger partial charge < -0.3 is 5.32 Å². The number of nitrogens with zero attached hydrogens (tertiary/aromatic N) is 2. The van der Waals surface area contributed by atoms with Crippen LogP contribution in [0.2, 0.25) is 5.02 Å². The number of halogens is 1. The number of rotatable bonds is 5. The van der Waals surface area contributed by atoms with E-state index in [0.717, 1.165) is 11.1 Å². The van der Waals surface area contributed by atoms with Crippen molar-refractivity contribution in [2.45, 2.75) is 18.2 Å². The number of thiazole rings is 1. The molecule has 158 valence electrons. The molecule has 10 heteroatoms. The van der Waals surface area contributed by atoms with Gasteiger partial charge in [-0.15, -0.1) is 11.3 Å². The highest BCUT2D eigenvalue weighted by Crippen LogP contribution is 2.36. The fourth-order valence-corrected chi connectivity index (χ4v) is 5.20. The first-order valence-corrected chi connectivity index (χ1v) is 11.9. The molecule has 0 spiro atoms. The molecular formula is C21H17ClN4O3S2. The fourth-order valence-electron chi connectivity index (χ4n) is 3.11. The van der Waals surface area contributed by atoms with Crippen LogP contribution in [0.4, 0.5) is 5.69 Å². The monoisotopic (exact) mass is 472 g/mol. The average molecular weight is 473 g/mol. The molecule has 0 aliphatic rings. The van der Waals surface area contributed by atoms with Crippen LogP contribution in [-0.2, 0) is 21.2 Å². The maximum atomic E-state index is 12.5. The van der Waals surface area contributed by atoms with Gasteiger partial charge in [-0.3, -0.25) is 9.78 Å². The Hall–Kier alpha value is -2.85. The Bertz CT molecular complexity index is 1420. The molecule has 4 rings (SSSR count). The first-order valence-electron chi connectivity index (χ1n) is 9.14. The van der Waals surface area contributed by atoms with Crippen LogP contribution in [0, 0.1) is 6.92 Å². The van der Waals surface area contributed by atoms with Gasteiger partial charge in [0.2, 0.25) is 15.9 Å². The van der Waals surface area contributed by atoms with Crippen molar-refractivity contribution in [2.75, 3.05) is 5.32 Å². The summed E-state index contributed by atoms with van der Waals surface area (Å²) in [7, 11) is -4.08. The Labute approximate surface area is 188 Å². The molecule has 31 heavy (non-hydrogen) atoms. The molecule has 0 radical (unpaired) electrons. The summed E-state index contributed by atoms with van der Waals surface area (Å²) in [6.07, 6.45) is 3.40. The predicted octanol–water partition coefficient (Wildman–Crippen LogP) is 4.15. The first kappa shape index (κ1) is 21.4. The third-order valence-electron chi connectivity index (χ3n) is 4.63. The number of benzene rings is 2. The van der Waals surface area contributed by atoms with Crippen LogP contribution in [-0.4, -0.2) is 24.3 Å². The quantitative estimate of drug-likeness (QED) is 0.452. The smallest absolute Gasteiger partial charge is 0.240 e. The van der Waals surface area contributed by atoms with Gasteiger partial charge in [0, 0.05) is 28.7 Å². The van der Waals surface area contributed by atoms with Crippen LogP contribution >= 0.6 is 22.9 Å². The number of anilines is 1. The fraction of sp³-hybridized carbons (Fsp3) is 0.0952. The van der Waals surface area contributed by atoms with Gasteiger partial charge in [-0.1, -0.05) is 29.8 Å². The number of aromatic nitrogens is 2. The average Bonchev–Trinajstić information content (AvgIpc) is 3.12. The zero-order chi connectivity index (χ0) is 22.2. The van der Waals surface area contributed by atoms with Gasteiger partial charge in [0.25, 0.3) is 0 Å². The number of carbonyl (C=O) groups is 1. The molecule has 0 saturated heterocycles. The van der Waals surface area contributed by atoms with Gasteiger partial charge in [0.15, 0.2) is 0 Å². The number of hydrogen-bond donors (Lipinski definition) is 2. The Balaban J connectivity index is 1.74. The Morgan fingerprint density at radius 1 is 1.23 bits per heavy atom. The molecule has 0 saturated carbocycles. The van der Waals surface area contributed by atoms with E-state index in [1.165, 1.54) is 17.4 Å². The van der Waals surface area contributed by atoms with Crippen molar-refractivity contribution in [1.82, 2.24) is 9.97 Å². The highest BCUT2D eigenvalue weighted by Gasteiger charge is 2.20. The van der Waals surface area contributed by atoms with E-state index < -0.39 is 10.0 Å². The first-order chi connectivity index (χ1) is 14.7. The molecule has 2 aromatic heterocycles. The lowest BCUT2D eigenvalue weighted by atomic mass is 10.1. The van der Waals surface area contributed by atoms with Crippen LogP contribution in [0.25, 0.3) is 20.8 Å². The van der Waals surface area contributed by atoms with E-state index in [1.54, 1.807) is 42.7 Å². The predicted molar refractivity (Wildman–Crippen MR) is 123 cm³/mol. The minimum Gasteiger partial charge on any atom is -0.326 e. The van der Waals surface area contributed by atoms with Crippen LogP contribution in [0.3, 0.4) is 0 Å². The molecule has 0 unspecified atom stereocenters. The summed E-state index contributed by atoms with van der Waals surface area (Å²) in [6.45, 7) is 1.92. The zero-order valence-electron chi connectivity index (χ0n) is 16.3. The molecule has 2 heterocycles. The minimum atomic E-state index is -4.08. The number of nitrogens with two attached hydrogens (primary N) is 1. The van der Waals surface area contributed by atoms with Crippen molar-refractivity contribution >= 4 is 54.8 Å². The van der Waals surface area contributed by atoms with Gasteiger partial charge in [0.1, 0.15) is 15.4 Å². The summed E-state index contributed by atoms with van der Waals surface area (Å²) in [5, 5.41) is 9.27. The number of nitrogens with one attached hydrogen (secondary N) is 1. The number of pyridine rings is 1. The second-order valence-corrected chi connectivity index (χ2v) is 9.86. The Morgan fingerprint density at radius 3 is 2.71 bits per heavy atom. The van der Waals surface area contributed by atoms with E-state index in [-0.39, 0.29) is 22.7 Å². The van der Waals surface area contributed by atoms with Crippen molar-refractivity contribution in [3.8, 4) is 10.6 Å². The van der Waals surface area contributed by atoms with Crippen molar-refractivity contribution in [3.63, 3.8) is 0 Å². The molecule has 4 aromatic rings. The summed E-state index contributed by atoms with van der Waals surface area (Å²) in [5.41, 5.74) is 3.00. The largest absolute Gasteiger partial charge is 0.326 e. The lowest BCUT2D eigenvalue weighted by Crippen LogP contribution is -2.16. The number of primary sulfonamides is 1. The van der Waals surface area contributed by atoms with Crippen molar-refractivity contribution in [3.05, 3.63) is 71.0 Å². The number of amides is 1.